The molecule has 7 heteroatoms. The van der Waals surface area contributed by atoms with Gasteiger partial charge < -0.3 is 5.32 Å². The zero-order valence-electron chi connectivity index (χ0n) is 14.4. The van der Waals surface area contributed by atoms with Gasteiger partial charge in [0.1, 0.15) is 0 Å². The van der Waals surface area contributed by atoms with Gasteiger partial charge in [-0.1, -0.05) is 29.8 Å². The fourth-order valence-electron chi connectivity index (χ4n) is 2.43. The summed E-state index contributed by atoms with van der Waals surface area (Å²) in [5.74, 6) is 0.182. The van der Waals surface area contributed by atoms with Crippen molar-refractivity contribution in [3.8, 4) is 0 Å². The van der Waals surface area contributed by atoms with Crippen LogP contribution < -0.4 is 10.5 Å². The third-order valence-electron chi connectivity index (χ3n) is 3.75. The van der Waals surface area contributed by atoms with Gasteiger partial charge in [-0.3, -0.25) is 4.79 Å². The van der Waals surface area contributed by atoms with E-state index in [0.29, 0.717) is 11.3 Å². The minimum atomic E-state index is -3.76. The quantitative estimate of drug-likeness (QED) is 0.757. The molecule has 0 heterocycles. The number of carbonyl (C=O) groups is 1. The highest BCUT2D eigenvalue weighted by atomic mass is 32.2. The Bertz CT molecular complexity index is 880. The Balaban J connectivity index is 1.98. The average molecular weight is 379 g/mol. The second kappa shape index (κ2) is 8.03. The lowest BCUT2D eigenvalue weighted by Gasteiger charge is -2.15. The second-order valence-corrected chi connectivity index (χ2v) is 8.54. The van der Waals surface area contributed by atoms with Gasteiger partial charge in [0, 0.05) is 4.90 Å². The monoisotopic (exact) mass is 378 g/mol. The molecule has 0 aromatic heterocycles. The standard InChI is InChI=1S/C18H22N2O3S2/c1-12-7-8-17(13(2)9-12)24-11-18(21)20-14(3)15-5-4-6-16(10-15)25(19,22)23/h4-10,14H,11H2,1-3H3,(H,20,21)(H2,19,22,23)/t14-/m1/s1. The molecule has 0 aliphatic heterocycles. The maximum Gasteiger partial charge on any atom is 0.238 e. The van der Waals surface area contributed by atoms with E-state index < -0.39 is 10.0 Å². The van der Waals surface area contributed by atoms with Crippen molar-refractivity contribution < 1.29 is 13.2 Å². The Morgan fingerprint density at radius 1 is 1.20 bits per heavy atom. The van der Waals surface area contributed by atoms with E-state index >= 15 is 0 Å². The van der Waals surface area contributed by atoms with E-state index in [1.165, 1.54) is 29.5 Å². The van der Waals surface area contributed by atoms with E-state index in [1.54, 1.807) is 12.1 Å². The smallest absolute Gasteiger partial charge is 0.238 e. The Kier molecular flexibility index (Phi) is 6.26. The summed E-state index contributed by atoms with van der Waals surface area (Å²) in [6, 6.07) is 12.1. The van der Waals surface area contributed by atoms with Crippen LogP contribution in [0.3, 0.4) is 0 Å². The number of hydrogen-bond donors (Lipinski definition) is 2. The summed E-state index contributed by atoms with van der Waals surface area (Å²) in [4.78, 5) is 13.3. The van der Waals surface area contributed by atoms with Crippen LogP contribution in [0.25, 0.3) is 0 Å². The molecular formula is C18H22N2O3S2. The number of rotatable bonds is 6. The fourth-order valence-corrected chi connectivity index (χ4v) is 3.82. The fraction of sp³-hybridized carbons (Fsp3) is 0.278. The minimum Gasteiger partial charge on any atom is -0.349 e. The van der Waals surface area contributed by atoms with Crippen LogP contribution in [0.2, 0.25) is 0 Å². The molecule has 25 heavy (non-hydrogen) atoms. The van der Waals surface area contributed by atoms with Crippen LogP contribution in [0.5, 0.6) is 0 Å². The van der Waals surface area contributed by atoms with Crippen LogP contribution in [0.4, 0.5) is 0 Å². The SMILES string of the molecule is Cc1ccc(SCC(=O)N[C@H](C)c2cccc(S(N)(=O)=O)c2)c(C)c1. The second-order valence-electron chi connectivity index (χ2n) is 5.96. The highest BCUT2D eigenvalue weighted by molar-refractivity contribution is 8.00. The normalized spacial score (nSPS) is 12.6. The molecule has 2 aromatic carbocycles. The molecule has 0 fully saturated rings. The van der Waals surface area contributed by atoms with E-state index in [0.717, 1.165) is 10.5 Å². The molecule has 0 spiro atoms. The van der Waals surface area contributed by atoms with Crippen LogP contribution in [0.15, 0.2) is 52.3 Å². The first-order valence-electron chi connectivity index (χ1n) is 7.79. The molecule has 2 rings (SSSR count). The molecule has 3 N–H and O–H groups in total. The lowest BCUT2D eigenvalue weighted by molar-refractivity contribution is -0.119. The number of nitrogens with two attached hydrogens (primary N) is 1. The highest BCUT2D eigenvalue weighted by Crippen LogP contribution is 2.23. The zero-order chi connectivity index (χ0) is 18.6. The van der Waals surface area contributed by atoms with Gasteiger partial charge in [0.2, 0.25) is 15.9 Å². The van der Waals surface area contributed by atoms with Crippen molar-refractivity contribution in [2.24, 2.45) is 5.14 Å². The zero-order valence-corrected chi connectivity index (χ0v) is 16.1. The maximum absolute atomic E-state index is 12.2. The molecule has 2 aromatic rings. The topological polar surface area (TPSA) is 89.3 Å². The first kappa shape index (κ1) is 19.5. The summed E-state index contributed by atoms with van der Waals surface area (Å²) in [7, 11) is -3.76. The van der Waals surface area contributed by atoms with Crippen molar-refractivity contribution >= 4 is 27.7 Å². The van der Waals surface area contributed by atoms with Gasteiger partial charge in [0.15, 0.2) is 0 Å². The number of amides is 1. The highest BCUT2D eigenvalue weighted by Gasteiger charge is 2.14. The number of aryl methyl sites for hydroxylation is 2. The summed E-state index contributed by atoms with van der Waals surface area (Å²) in [6.07, 6.45) is 0. The molecule has 0 radical (unpaired) electrons. The molecule has 0 aliphatic rings. The van der Waals surface area contributed by atoms with Gasteiger partial charge in [-0.25, -0.2) is 13.6 Å². The average Bonchev–Trinajstić information content (AvgIpc) is 2.53. The summed E-state index contributed by atoms with van der Waals surface area (Å²) < 4.78 is 22.9. The van der Waals surface area contributed by atoms with E-state index in [-0.39, 0.29) is 16.8 Å². The van der Waals surface area contributed by atoms with E-state index in [2.05, 4.69) is 11.4 Å². The maximum atomic E-state index is 12.2. The van der Waals surface area contributed by atoms with Crippen molar-refractivity contribution in [1.82, 2.24) is 5.32 Å². The van der Waals surface area contributed by atoms with Crippen LogP contribution in [0.1, 0.15) is 29.7 Å². The predicted octanol–water partition coefficient (Wildman–Crippen LogP) is 2.92. The lowest BCUT2D eigenvalue weighted by atomic mass is 10.1. The molecule has 0 unspecified atom stereocenters. The van der Waals surface area contributed by atoms with Crippen LogP contribution in [-0.4, -0.2) is 20.1 Å². The van der Waals surface area contributed by atoms with Crippen LogP contribution in [-0.2, 0) is 14.8 Å². The van der Waals surface area contributed by atoms with E-state index in [9.17, 15) is 13.2 Å². The molecule has 0 saturated heterocycles. The first-order chi connectivity index (χ1) is 11.7. The Hall–Kier alpha value is -1.83. The van der Waals surface area contributed by atoms with E-state index in [4.69, 9.17) is 5.14 Å². The molecule has 0 saturated carbocycles. The molecule has 134 valence electrons. The van der Waals surface area contributed by atoms with Crippen molar-refractivity contribution in [2.75, 3.05) is 5.75 Å². The number of thioether (sulfide) groups is 1. The summed E-state index contributed by atoms with van der Waals surface area (Å²) >= 11 is 1.48. The third kappa shape index (κ3) is 5.59. The number of nitrogens with one attached hydrogen (secondary N) is 1. The van der Waals surface area contributed by atoms with Gasteiger partial charge in [-0.15, -0.1) is 11.8 Å². The van der Waals surface area contributed by atoms with Gasteiger partial charge in [0.25, 0.3) is 0 Å². The van der Waals surface area contributed by atoms with Gasteiger partial charge in [0.05, 0.1) is 16.7 Å². The number of primary sulfonamides is 1. The molecule has 0 aliphatic carbocycles. The van der Waals surface area contributed by atoms with Crippen molar-refractivity contribution in [3.63, 3.8) is 0 Å². The lowest BCUT2D eigenvalue weighted by Crippen LogP contribution is -2.28. The first-order valence-corrected chi connectivity index (χ1v) is 10.3. The van der Waals surface area contributed by atoms with E-state index in [1.807, 2.05) is 32.9 Å². The third-order valence-corrected chi connectivity index (χ3v) is 5.84. The molecule has 1 atom stereocenters. The summed E-state index contributed by atoms with van der Waals surface area (Å²) in [5.41, 5.74) is 3.03. The number of sulfonamides is 1. The van der Waals surface area contributed by atoms with Crippen molar-refractivity contribution in [3.05, 3.63) is 59.2 Å². The Labute approximate surface area is 153 Å². The van der Waals surface area contributed by atoms with Gasteiger partial charge in [-0.05, 0) is 50.1 Å². The number of carbonyl (C=O) groups excluding carboxylic acids is 1. The van der Waals surface area contributed by atoms with Crippen LogP contribution >= 0.6 is 11.8 Å². The summed E-state index contributed by atoms with van der Waals surface area (Å²) in [5, 5.41) is 8.03. The number of hydrogen-bond acceptors (Lipinski definition) is 4. The molecule has 5 nitrogen and oxygen atoms in total. The van der Waals surface area contributed by atoms with Crippen molar-refractivity contribution in [2.45, 2.75) is 36.6 Å². The molecular weight excluding hydrogens is 356 g/mol. The minimum absolute atomic E-state index is 0.0377. The largest absolute Gasteiger partial charge is 0.349 e. The van der Waals surface area contributed by atoms with Crippen molar-refractivity contribution in [1.29, 1.82) is 0 Å². The van der Waals surface area contributed by atoms with Gasteiger partial charge in [-0.2, -0.15) is 0 Å². The Morgan fingerprint density at radius 2 is 1.92 bits per heavy atom. The van der Waals surface area contributed by atoms with Gasteiger partial charge >= 0.3 is 0 Å². The Morgan fingerprint density at radius 3 is 2.56 bits per heavy atom. The number of benzene rings is 2. The predicted molar refractivity (Wildman–Crippen MR) is 101 cm³/mol. The molecule has 0 bridgehead atoms. The van der Waals surface area contributed by atoms with Crippen LogP contribution in [0, 0.1) is 13.8 Å². The summed E-state index contributed by atoms with van der Waals surface area (Å²) in [6.45, 7) is 5.86. The molecule has 1 amide bonds.